The number of aliphatic hydroxyl groups excluding tert-OH is 1. The molecule has 0 radical (unpaired) electrons. The molecule has 1 unspecified atom stereocenters. The Hall–Kier alpha value is -0.670. The second-order valence-electron chi connectivity index (χ2n) is 2.47. The highest BCUT2D eigenvalue weighted by molar-refractivity contribution is 6.31. The van der Waals surface area contributed by atoms with Crippen LogP contribution in [0.5, 0.6) is 0 Å². The van der Waals surface area contributed by atoms with Crippen molar-refractivity contribution in [3.63, 3.8) is 0 Å². The van der Waals surface area contributed by atoms with Crippen LogP contribution in [0.25, 0.3) is 0 Å². The van der Waals surface area contributed by atoms with E-state index in [0.717, 1.165) is 6.07 Å². The van der Waals surface area contributed by atoms with Crippen LogP contribution in [-0.4, -0.2) is 5.11 Å². The Morgan fingerprint density at radius 1 is 1.42 bits per heavy atom. The molecule has 1 atom stereocenters. The molecule has 1 nitrogen and oxygen atoms in total. The molecule has 66 valence electrons. The number of halogens is 3. The third-order valence-corrected chi connectivity index (χ3v) is 1.87. The van der Waals surface area contributed by atoms with Crippen molar-refractivity contribution < 1.29 is 13.9 Å². The Balaban J connectivity index is 3.28. The largest absolute Gasteiger partial charge is 0.389 e. The Morgan fingerprint density at radius 2 is 2.00 bits per heavy atom. The minimum absolute atomic E-state index is 0.0640. The quantitative estimate of drug-likeness (QED) is 0.679. The van der Waals surface area contributed by atoms with Gasteiger partial charge in [0.25, 0.3) is 0 Å². The Morgan fingerprint density at radius 3 is 2.50 bits per heavy atom. The van der Waals surface area contributed by atoms with Gasteiger partial charge in [0.2, 0.25) is 0 Å². The molecule has 0 heterocycles. The van der Waals surface area contributed by atoms with Crippen molar-refractivity contribution in [3.8, 4) is 0 Å². The summed E-state index contributed by atoms with van der Waals surface area (Å²) in [7, 11) is 0. The molecule has 0 aliphatic heterocycles. The molecule has 0 saturated carbocycles. The molecule has 1 aromatic carbocycles. The van der Waals surface area contributed by atoms with Crippen LogP contribution in [0.3, 0.4) is 0 Å². The van der Waals surface area contributed by atoms with Gasteiger partial charge in [0.15, 0.2) is 0 Å². The molecule has 0 aliphatic carbocycles. The lowest BCUT2D eigenvalue weighted by atomic mass is 10.1. The van der Waals surface area contributed by atoms with Crippen molar-refractivity contribution in [1.82, 2.24) is 0 Å². The van der Waals surface area contributed by atoms with Gasteiger partial charge >= 0.3 is 0 Å². The van der Waals surface area contributed by atoms with Gasteiger partial charge in [-0.25, -0.2) is 8.78 Å². The van der Waals surface area contributed by atoms with E-state index >= 15 is 0 Å². The lowest BCUT2D eigenvalue weighted by molar-refractivity contribution is 0.198. The minimum Gasteiger partial charge on any atom is -0.389 e. The fraction of sp³-hybridized carbons (Fsp3) is 0.250. The predicted molar refractivity (Wildman–Crippen MR) is 42.0 cm³/mol. The Kier molecular flexibility index (Phi) is 2.65. The normalized spacial score (nSPS) is 13.1. The first kappa shape index (κ1) is 9.42. The number of hydrogen-bond donors (Lipinski definition) is 1. The minimum atomic E-state index is -0.970. The molecule has 1 N–H and O–H groups in total. The van der Waals surface area contributed by atoms with Crippen molar-refractivity contribution in [1.29, 1.82) is 0 Å². The van der Waals surface area contributed by atoms with Crippen molar-refractivity contribution in [2.24, 2.45) is 0 Å². The monoisotopic (exact) mass is 192 g/mol. The predicted octanol–water partition coefficient (Wildman–Crippen LogP) is 2.67. The van der Waals surface area contributed by atoms with E-state index in [2.05, 4.69) is 0 Å². The third kappa shape index (κ3) is 1.73. The molecule has 4 heteroatoms. The fourth-order valence-electron chi connectivity index (χ4n) is 0.880. The van der Waals surface area contributed by atoms with E-state index in [0.29, 0.717) is 6.07 Å². The van der Waals surface area contributed by atoms with E-state index in [9.17, 15) is 8.78 Å². The molecule has 0 spiro atoms. The summed E-state index contributed by atoms with van der Waals surface area (Å²) in [5.74, 6) is -1.60. The number of aliphatic hydroxyl groups is 1. The van der Waals surface area contributed by atoms with Gasteiger partial charge in [-0.15, -0.1) is 0 Å². The average molecular weight is 193 g/mol. The van der Waals surface area contributed by atoms with Gasteiger partial charge in [-0.2, -0.15) is 0 Å². The van der Waals surface area contributed by atoms with E-state index in [1.54, 1.807) is 0 Å². The van der Waals surface area contributed by atoms with Gasteiger partial charge in [0.05, 0.1) is 11.1 Å². The smallest absolute Gasteiger partial charge is 0.145 e. The van der Waals surface area contributed by atoms with Crippen molar-refractivity contribution in [2.75, 3.05) is 0 Å². The molecule has 0 aromatic heterocycles. The van der Waals surface area contributed by atoms with Crippen LogP contribution in [0.15, 0.2) is 12.1 Å². The first-order chi connectivity index (χ1) is 5.52. The summed E-state index contributed by atoms with van der Waals surface area (Å²) < 4.78 is 25.3. The topological polar surface area (TPSA) is 20.2 Å². The average Bonchev–Trinajstić information content (AvgIpc) is 1.96. The highest BCUT2D eigenvalue weighted by atomic mass is 35.5. The lowest BCUT2D eigenvalue weighted by Gasteiger charge is -2.07. The maximum absolute atomic E-state index is 12.7. The number of hydrogen-bond acceptors (Lipinski definition) is 1. The summed E-state index contributed by atoms with van der Waals surface area (Å²) in [6.45, 7) is 1.39. The maximum atomic E-state index is 12.7. The van der Waals surface area contributed by atoms with E-state index in [1.165, 1.54) is 6.92 Å². The highest BCUT2D eigenvalue weighted by Crippen LogP contribution is 2.26. The number of rotatable bonds is 1. The van der Waals surface area contributed by atoms with Gasteiger partial charge < -0.3 is 5.11 Å². The molecule has 1 rings (SSSR count). The molecule has 12 heavy (non-hydrogen) atoms. The summed E-state index contributed by atoms with van der Waals surface area (Å²) in [4.78, 5) is 0. The summed E-state index contributed by atoms with van der Waals surface area (Å²) in [5.41, 5.74) is 0.0640. The molecule has 0 fully saturated rings. The zero-order valence-electron chi connectivity index (χ0n) is 6.31. The molecule has 0 aliphatic rings. The highest BCUT2D eigenvalue weighted by Gasteiger charge is 2.12. The molecule has 0 amide bonds. The van der Waals surface area contributed by atoms with Crippen LogP contribution >= 0.6 is 11.6 Å². The second-order valence-corrected chi connectivity index (χ2v) is 2.84. The fourth-order valence-corrected chi connectivity index (χ4v) is 1.15. The van der Waals surface area contributed by atoms with Crippen LogP contribution < -0.4 is 0 Å². The first-order valence-electron chi connectivity index (χ1n) is 3.35. The molecular weight excluding hydrogens is 186 g/mol. The SMILES string of the molecule is CC(O)c1cc(F)cc(F)c1Cl. The Bertz CT molecular complexity index is 299. The van der Waals surface area contributed by atoms with Gasteiger partial charge in [0.1, 0.15) is 11.6 Å². The van der Waals surface area contributed by atoms with E-state index in [4.69, 9.17) is 16.7 Å². The van der Waals surface area contributed by atoms with Gasteiger partial charge in [-0.3, -0.25) is 0 Å². The van der Waals surface area contributed by atoms with Crippen molar-refractivity contribution >= 4 is 11.6 Å². The second kappa shape index (κ2) is 3.37. The van der Waals surface area contributed by atoms with Gasteiger partial charge in [-0.05, 0) is 13.0 Å². The van der Waals surface area contributed by atoms with Crippen LogP contribution in [0, 0.1) is 11.6 Å². The van der Waals surface area contributed by atoms with Gasteiger partial charge in [0, 0.05) is 11.6 Å². The summed E-state index contributed by atoms with van der Waals surface area (Å²) >= 11 is 5.46. The standard InChI is InChI=1S/C8H7ClF2O/c1-4(12)6-2-5(10)3-7(11)8(6)9/h2-4,12H,1H3. The summed E-state index contributed by atoms with van der Waals surface area (Å²) in [6, 6.07) is 1.68. The lowest BCUT2D eigenvalue weighted by Crippen LogP contribution is -1.96. The van der Waals surface area contributed by atoms with Crippen LogP contribution in [0.1, 0.15) is 18.6 Å². The van der Waals surface area contributed by atoms with E-state index in [1.807, 2.05) is 0 Å². The van der Waals surface area contributed by atoms with Crippen LogP contribution in [0.4, 0.5) is 8.78 Å². The van der Waals surface area contributed by atoms with Gasteiger partial charge in [-0.1, -0.05) is 11.6 Å². The zero-order valence-corrected chi connectivity index (χ0v) is 7.07. The Labute approximate surface area is 73.6 Å². The first-order valence-corrected chi connectivity index (χ1v) is 3.72. The molecule has 0 saturated heterocycles. The molecule has 1 aromatic rings. The van der Waals surface area contributed by atoms with E-state index < -0.39 is 17.7 Å². The third-order valence-electron chi connectivity index (χ3n) is 1.47. The van der Waals surface area contributed by atoms with Crippen LogP contribution in [-0.2, 0) is 0 Å². The van der Waals surface area contributed by atoms with Crippen molar-refractivity contribution in [2.45, 2.75) is 13.0 Å². The van der Waals surface area contributed by atoms with Crippen LogP contribution in [0.2, 0.25) is 5.02 Å². The van der Waals surface area contributed by atoms with Crippen molar-refractivity contribution in [3.05, 3.63) is 34.4 Å². The summed E-state index contributed by atoms with van der Waals surface area (Å²) in [5, 5.41) is 8.81. The molecule has 0 bridgehead atoms. The summed E-state index contributed by atoms with van der Waals surface area (Å²) in [6.07, 6.45) is -0.970. The number of benzene rings is 1. The molecular formula is C8H7ClF2O. The zero-order chi connectivity index (χ0) is 9.30. The van der Waals surface area contributed by atoms with E-state index in [-0.39, 0.29) is 10.6 Å². The maximum Gasteiger partial charge on any atom is 0.145 e.